The number of nitrogens with one attached hydrogen (secondary N) is 1. The Bertz CT molecular complexity index is 998. The zero-order valence-corrected chi connectivity index (χ0v) is 18.7. The van der Waals surface area contributed by atoms with Gasteiger partial charge in [-0.1, -0.05) is 35.0 Å². The summed E-state index contributed by atoms with van der Waals surface area (Å²) in [6.45, 7) is 9.28. The molecule has 6 heteroatoms. The van der Waals surface area contributed by atoms with Gasteiger partial charge in [-0.3, -0.25) is 4.79 Å². The number of fused-ring (bicyclic) bond motifs is 1. The molecule has 1 aliphatic heterocycles. The van der Waals surface area contributed by atoms with Crippen LogP contribution in [0.15, 0.2) is 52.0 Å². The first-order valence-corrected chi connectivity index (χ1v) is 10.4. The zero-order chi connectivity index (χ0) is 21.2. The van der Waals surface area contributed by atoms with Crippen LogP contribution in [0.3, 0.4) is 0 Å². The van der Waals surface area contributed by atoms with E-state index in [1.807, 2.05) is 13.0 Å². The number of allylic oxidation sites excluding steroid dienone is 1. The fourth-order valence-electron chi connectivity index (χ4n) is 3.70. The molecule has 1 amide bonds. The molecule has 1 heterocycles. The number of benzene rings is 2. The van der Waals surface area contributed by atoms with E-state index >= 15 is 0 Å². The van der Waals surface area contributed by atoms with E-state index in [-0.39, 0.29) is 17.3 Å². The highest BCUT2D eigenvalue weighted by Gasteiger charge is 2.31. The van der Waals surface area contributed by atoms with Gasteiger partial charge in [0.15, 0.2) is 0 Å². The van der Waals surface area contributed by atoms with Crippen molar-refractivity contribution in [3.63, 3.8) is 0 Å². The van der Waals surface area contributed by atoms with Crippen molar-refractivity contribution in [2.75, 3.05) is 11.4 Å². The first-order valence-electron chi connectivity index (χ1n) is 9.63. The Morgan fingerprint density at radius 3 is 2.76 bits per heavy atom. The van der Waals surface area contributed by atoms with Gasteiger partial charge >= 0.3 is 0 Å². The van der Waals surface area contributed by atoms with Crippen LogP contribution >= 0.6 is 15.9 Å². The summed E-state index contributed by atoms with van der Waals surface area (Å²) in [4.78, 5) is 14.4. The van der Waals surface area contributed by atoms with E-state index in [0.717, 1.165) is 34.3 Å². The highest BCUT2D eigenvalue weighted by Crippen LogP contribution is 2.39. The Kier molecular flexibility index (Phi) is 6.22. The number of nitrogens with zero attached hydrogens (tertiary/aromatic N) is 2. The maximum Gasteiger partial charge on any atom is 0.271 e. The number of carbonyl (C=O) groups excluding carboxylic acids is 1. The van der Waals surface area contributed by atoms with Crippen molar-refractivity contribution < 1.29 is 9.18 Å². The number of halogens is 2. The maximum absolute atomic E-state index is 14.8. The molecule has 0 aliphatic carbocycles. The largest absolute Gasteiger partial charge is 0.362 e. The van der Waals surface area contributed by atoms with Crippen molar-refractivity contribution in [1.82, 2.24) is 5.43 Å². The van der Waals surface area contributed by atoms with Crippen LogP contribution in [0.4, 0.5) is 10.1 Å². The summed E-state index contributed by atoms with van der Waals surface area (Å²) in [5.74, 6) is -0.719. The lowest BCUT2D eigenvalue weighted by Crippen LogP contribution is -2.45. The zero-order valence-electron chi connectivity index (χ0n) is 17.1. The minimum atomic E-state index is -0.365. The minimum absolute atomic E-state index is 0.174. The van der Waals surface area contributed by atoms with Crippen LogP contribution in [0.5, 0.6) is 0 Å². The van der Waals surface area contributed by atoms with E-state index < -0.39 is 0 Å². The Morgan fingerprint density at radius 1 is 1.31 bits per heavy atom. The number of hydrogen-bond donors (Lipinski definition) is 1. The topological polar surface area (TPSA) is 44.7 Å². The number of hydrogen-bond acceptors (Lipinski definition) is 3. The van der Waals surface area contributed by atoms with E-state index in [9.17, 15) is 9.18 Å². The van der Waals surface area contributed by atoms with Crippen LogP contribution in [-0.4, -0.2) is 24.2 Å². The molecule has 0 atom stereocenters. The van der Waals surface area contributed by atoms with Crippen molar-refractivity contribution in [3.05, 3.63) is 69.5 Å². The van der Waals surface area contributed by atoms with Gasteiger partial charge in [-0.15, -0.1) is 0 Å². The maximum atomic E-state index is 14.8. The Morgan fingerprint density at radius 2 is 2.07 bits per heavy atom. The van der Waals surface area contributed by atoms with Gasteiger partial charge in [0.2, 0.25) is 0 Å². The van der Waals surface area contributed by atoms with E-state index in [2.05, 4.69) is 58.2 Å². The predicted molar refractivity (Wildman–Crippen MR) is 121 cm³/mol. The van der Waals surface area contributed by atoms with E-state index in [1.165, 1.54) is 6.21 Å². The Balaban J connectivity index is 1.86. The Hall–Kier alpha value is -2.47. The first kappa shape index (κ1) is 21.2. The van der Waals surface area contributed by atoms with Crippen molar-refractivity contribution >= 4 is 39.3 Å². The van der Waals surface area contributed by atoms with Crippen LogP contribution in [0, 0.1) is 5.82 Å². The number of amides is 1. The van der Waals surface area contributed by atoms with Crippen molar-refractivity contribution in [1.29, 1.82) is 0 Å². The summed E-state index contributed by atoms with van der Waals surface area (Å²) in [5, 5.41) is 3.95. The molecule has 0 unspecified atom stereocenters. The van der Waals surface area contributed by atoms with Crippen molar-refractivity contribution in [2.24, 2.45) is 5.10 Å². The lowest BCUT2D eigenvalue weighted by Gasteiger charge is -2.43. The number of anilines is 1. The van der Waals surface area contributed by atoms with Gasteiger partial charge in [0.1, 0.15) is 5.82 Å². The average molecular weight is 458 g/mol. The number of carbonyl (C=O) groups is 1. The molecule has 152 valence electrons. The van der Waals surface area contributed by atoms with Gasteiger partial charge in [0, 0.05) is 33.4 Å². The second-order valence-electron chi connectivity index (χ2n) is 7.73. The molecule has 1 N–H and O–H groups in total. The molecule has 0 bridgehead atoms. The molecule has 29 heavy (non-hydrogen) atoms. The summed E-state index contributed by atoms with van der Waals surface area (Å²) >= 11 is 3.33. The highest BCUT2D eigenvalue weighted by molar-refractivity contribution is 9.10. The van der Waals surface area contributed by atoms with Crippen LogP contribution in [-0.2, 0) is 0 Å². The average Bonchev–Trinajstić information content (AvgIpc) is 2.65. The summed E-state index contributed by atoms with van der Waals surface area (Å²) in [6, 6.07) is 10.4. The molecular formula is C23H25BrFN3O. The van der Waals surface area contributed by atoms with Crippen LogP contribution in [0.2, 0.25) is 0 Å². The van der Waals surface area contributed by atoms with Gasteiger partial charge in [0.25, 0.3) is 5.91 Å². The molecule has 0 spiro atoms. The molecule has 2 aromatic carbocycles. The molecule has 0 saturated heterocycles. The Labute approximate surface area is 179 Å². The monoisotopic (exact) mass is 457 g/mol. The molecule has 2 aromatic rings. The molecule has 0 saturated carbocycles. The van der Waals surface area contributed by atoms with Gasteiger partial charge in [-0.25, -0.2) is 9.82 Å². The smallest absolute Gasteiger partial charge is 0.271 e. The molecule has 4 nitrogen and oxygen atoms in total. The quantitative estimate of drug-likeness (QED) is 0.457. The highest BCUT2D eigenvalue weighted by atomic mass is 79.9. The third-order valence-corrected chi connectivity index (χ3v) is 5.49. The van der Waals surface area contributed by atoms with Crippen molar-refractivity contribution in [2.45, 2.75) is 39.7 Å². The van der Waals surface area contributed by atoms with E-state index in [0.29, 0.717) is 11.1 Å². The summed E-state index contributed by atoms with van der Waals surface area (Å²) in [6.07, 6.45) is 4.53. The third-order valence-electron chi connectivity index (χ3n) is 5.00. The van der Waals surface area contributed by atoms with Gasteiger partial charge < -0.3 is 4.90 Å². The van der Waals surface area contributed by atoms with Gasteiger partial charge in [-0.2, -0.15) is 5.10 Å². The molecule has 1 aliphatic rings. The number of rotatable bonds is 5. The van der Waals surface area contributed by atoms with Crippen molar-refractivity contribution in [3.8, 4) is 0 Å². The van der Waals surface area contributed by atoms with Crippen LogP contribution < -0.4 is 10.3 Å². The molecule has 0 aromatic heterocycles. The third kappa shape index (κ3) is 4.58. The van der Waals surface area contributed by atoms with Gasteiger partial charge in [-0.05, 0) is 63.1 Å². The SMILES string of the molecule is CCCN1c2cc(F)c(/C=N\NC(=O)c3cccc(Br)c3)cc2C(C)=CC1(C)C. The lowest BCUT2D eigenvalue weighted by atomic mass is 9.88. The summed E-state index contributed by atoms with van der Waals surface area (Å²) in [5.41, 5.74) is 6.07. The summed E-state index contributed by atoms with van der Waals surface area (Å²) in [7, 11) is 0. The lowest BCUT2D eigenvalue weighted by molar-refractivity contribution is 0.0955. The fourth-order valence-corrected chi connectivity index (χ4v) is 4.10. The molecule has 3 rings (SSSR count). The van der Waals surface area contributed by atoms with E-state index in [1.54, 1.807) is 30.3 Å². The fraction of sp³-hybridized carbons (Fsp3) is 0.304. The van der Waals surface area contributed by atoms with Crippen LogP contribution in [0.1, 0.15) is 55.6 Å². The molecule has 0 fully saturated rings. The minimum Gasteiger partial charge on any atom is -0.362 e. The number of hydrazone groups is 1. The molecule has 0 radical (unpaired) electrons. The normalized spacial score (nSPS) is 15.2. The predicted octanol–water partition coefficient (Wildman–Crippen LogP) is 5.76. The van der Waals surface area contributed by atoms with Crippen LogP contribution in [0.25, 0.3) is 5.57 Å². The standard InChI is InChI=1S/C23H25BrFN3O/c1-5-9-28-21-12-20(25)17(11-19(21)15(2)13-23(28,3)4)14-26-27-22(29)16-7-6-8-18(24)10-16/h6-8,10-14H,5,9H2,1-4H3,(H,27,29)/b26-14-. The first-order chi connectivity index (χ1) is 13.7. The van der Waals surface area contributed by atoms with E-state index in [4.69, 9.17) is 0 Å². The molecular weight excluding hydrogens is 433 g/mol. The second-order valence-corrected chi connectivity index (χ2v) is 8.65. The second kappa shape index (κ2) is 8.49. The summed E-state index contributed by atoms with van der Waals surface area (Å²) < 4.78 is 15.6. The van der Waals surface area contributed by atoms with Gasteiger partial charge in [0.05, 0.1) is 11.8 Å².